The van der Waals surface area contributed by atoms with Gasteiger partial charge in [-0.05, 0) is 30.5 Å². The second-order valence-corrected chi connectivity index (χ2v) is 4.79. The molecule has 0 aliphatic rings. The van der Waals surface area contributed by atoms with Gasteiger partial charge in [-0.25, -0.2) is 0 Å². The van der Waals surface area contributed by atoms with Crippen molar-refractivity contribution in [3.8, 4) is 11.1 Å². The van der Waals surface area contributed by atoms with E-state index in [0.29, 0.717) is 5.56 Å². The molecule has 2 aromatic rings. The van der Waals surface area contributed by atoms with Gasteiger partial charge in [0.05, 0.1) is 0 Å². The van der Waals surface area contributed by atoms with Crippen LogP contribution in [0.2, 0.25) is 0 Å². The van der Waals surface area contributed by atoms with Gasteiger partial charge in [-0.2, -0.15) is 0 Å². The number of Topliss-reactive ketones (excluding diaryl/α,β-unsaturated/α-hetero) is 2. The van der Waals surface area contributed by atoms with Gasteiger partial charge in [0.1, 0.15) is 5.69 Å². The fourth-order valence-electron chi connectivity index (χ4n) is 2.14. The summed E-state index contributed by atoms with van der Waals surface area (Å²) in [5.74, 6) is -0.333. The average molecular weight is 267 g/mol. The number of hydrogen-bond donors (Lipinski definition) is 0. The summed E-state index contributed by atoms with van der Waals surface area (Å²) in [4.78, 5) is 27.4. The fraction of sp³-hybridized carbons (Fsp3) is 0.235. The minimum absolute atomic E-state index is 0.142. The standard InChI is InChI=1S/C17H17NO2/c1-4-13-6-5-7-14(8-13)15-9-16(11(2)19)17(12(3)20)18-10-15/h5-10H,4H2,1-3H3. The van der Waals surface area contributed by atoms with E-state index in [0.717, 1.165) is 17.5 Å². The summed E-state index contributed by atoms with van der Waals surface area (Å²) >= 11 is 0. The SMILES string of the molecule is CCc1cccc(-c2cnc(C(C)=O)c(C(C)=O)c2)c1. The lowest BCUT2D eigenvalue weighted by atomic mass is 9.99. The monoisotopic (exact) mass is 267 g/mol. The summed E-state index contributed by atoms with van der Waals surface area (Å²) in [7, 11) is 0. The second-order valence-electron chi connectivity index (χ2n) is 4.79. The second kappa shape index (κ2) is 5.78. The third-order valence-corrected chi connectivity index (χ3v) is 3.27. The molecule has 0 aliphatic carbocycles. The molecule has 0 atom stereocenters. The molecule has 0 saturated carbocycles. The molecular formula is C17H17NO2. The van der Waals surface area contributed by atoms with E-state index in [4.69, 9.17) is 0 Å². The summed E-state index contributed by atoms with van der Waals surface area (Å²) in [6.07, 6.45) is 2.60. The average Bonchev–Trinajstić information content (AvgIpc) is 2.46. The van der Waals surface area contributed by atoms with E-state index in [1.807, 2.05) is 12.1 Å². The van der Waals surface area contributed by atoms with Crippen molar-refractivity contribution in [2.45, 2.75) is 27.2 Å². The van der Waals surface area contributed by atoms with Gasteiger partial charge < -0.3 is 0 Å². The topological polar surface area (TPSA) is 47.0 Å². The van der Waals surface area contributed by atoms with Crippen LogP contribution >= 0.6 is 0 Å². The van der Waals surface area contributed by atoms with Crippen LogP contribution in [-0.4, -0.2) is 16.6 Å². The van der Waals surface area contributed by atoms with Gasteiger partial charge >= 0.3 is 0 Å². The maximum Gasteiger partial charge on any atom is 0.178 e. The van der Waals surface area contributed by atoms with E-state index >= 15 is 0 Å². The fourth-order valence-corrected chi connectivity index (χ4v) is 2.14. The number of nitrogens with zero attached hydrogens (tertiary/aromatic N) is 1. The van der Waals surface area contributed by atoms with Crippen LogP contribution in [0.1, 0.15) is 47.2 Å². The Bertz CT molecular complexity index is 674. The Morgan fingerprint density at radius 3 is 2.40 bits per heavy atom. The predicted octanol–water partition coefficient (Wildman–Crippen LogP) is 3.72. The van der Waals surface area contributed by atoms with E-state index in [1.54, 1.807) is 12.3 Å². The van der Waals surface area contributed by atoms with Crippen molar-refractivity contribution in [2.24, 2.45) is 0 Å². The Morgan fingerprint density at radius 1 is 1.05 bits per heavy atom. The Balaban J connectivity index is 2.55. The van der Waals surface area contributed by atoms with Gasteiger partial charge in [-0.15, -0.1) is 0 Å². The van der Waals surface area contributed by atoms with Crippen LogP contribution in [-0.2, 0) is 6.42 Å². The van der Waals surface area contributed by atoms with Crippen molar-refractivity contribution in [3.63, 3.8) is 0 Å². The maximum absolute atomic E-state index is 11.7. The predicted molar refractivity (Wildman–Crippen MR) is 79.1 cm³/mol. The first-order valence-electron chi connectivity index (χ1n) is 6.64. The van der Waals surface area contributed by atoms with Crippen LogP contribution in [0.15, 0.2) is 36.5 Å². The third-order valence-electron chi connectivity index (χ3n) is 3.27. The molecule has 102 valence electrons. The molecule has 3 nitrogen and oxygen atoms in total. The first kappa shape index (κ1) is 14.1. The summed E-state index contributed by atoms with van der Waals surface area (Å²) in [6, 6.07) is 9.86. The molecule has 0 amide bonds. The third kappa shape index (κ3) is 2.82. The summed E-state index contributed by atoms with van der Waals surface area (Å²) in [5.41, 5.74) is 3.72. The zero-order valence-electron chi connectivity index (χ0n) is 11.9. The van der Waals surface area contributed by atoms with E-state index < -0.39 is 0 Å². The highest BCUT2D eigenvalue weighted by Gasteiger charge is 2.14. The van der Waals surface area contributed by atoms with Gasteiger partial charge in [-0.3, -0.25) is 14.6 Å². The minimum Gasteiger partial charge on any atom is -0.294 e. The molecular weight excluding hydrogens is 250 g/mol. The van der Waals surface area contributed by atoms with E-state index in [1.165, 1.54) is 19.4 Å². The van der Waals surface area contributed by atoms with Crippen LogP contribution in [0, 0.1) is 0 Å². The Kier molecular flexibility index (Phi) is 4.08. The molecule has 20 heavy (non-hydrogen) atoms. The molecule has 1 aromatic heterocycles. The van der Waals surface area contributed by atoms with Crippen LogP contribution in [0.3, 0.4) is 0 Å². The zero-order valence-corrected chi connectivity index (χ0v) is 11.9. The first-order valence-corrected chi connectivity index (χ1v) is 6.64. The van der Waals surface area contributed by atoms with E-state index in [2.05, 4.69) is 24.0 Å². The highest BCUT2D eigenvalue weighted by Crippen LogP contribution is 2.23. The Labute approximate surface area is 118 Å². The molecule has 0 radical (unpaired) electrons. The number of benzene rings is 1. The van der Waals surface area contributed by atoms with Crippen LogP contribution in [0.4, 0.5) is 0 Å². The van der Waals surface area contributed by atoms with E-state index in [-0.39, 0.29) is 17.3 Å². The molecule has 1 aromatic carbocycles. The lowest BCUT2D eigenvalue weighted by Crippen LogP contribution is -2.07. The van der Waals surface area contributed by atoms with Crippen molar-refractivity contribution in [1.82, 2.24) is 4.98 Å². The Hall–Kier alpha value is -2.29. The molecule has 0 spiro atoms. The molecule has 0 saturated heterocycles. The molecule has 0 unspecified atom stereocenters. The number of aromatic nitrogens is 1. The lowest BCUT2D eigenvalue weighted by molar-refractivity contribution is 0.0977. The van der Waals surface area contributed by atoms with Gasteiger partial charge in [0, 0.05) is 24.2 Å². The van der Waals surface area contributed by atoms with Crippen molar-refractivity contribution in [1.29, 1.82) is 0 Å². The van der Waals surface area contributed by atoms with Gasteiger partial charge in [0.15, 0.2) is 11.6 Å². The molecule has 0 bridgehead atoms. The van der Waals surface area contributed by atoms with Crippen molar-refractivity contribution < 1.29 is 9.59 Å². The van der Waals surface area contributed by atoms with Crippen molar-refractivity contribution in [2.75, 3.05) is 0 Å². The van der Waals surface area contributed by atoms with Crippen LogP contribution in [0.5, 0.6) is 0 Å². The largest absolute Gasteiger partial charge is 0.294 e. The summed E-state index contributed by atoms with van der Waals surface area (Å²) in [6.45, 7) is 4.97. The van der Waals surface area contributed by atoms with Crippen molar-refractivity contribution >= 4 is 11.6 Å². The maximum atomic E-state index is 11.7. The molecule has 2 rings (SSSR count). The Morgan fingerprint density at radius 2 is 1.80 bits per heavy atom. The number of hydrogen-bond acceptors (Lipinski definition) is 3. The van der Waals surface area contributed by atoms with Gasteiger partial charge in [0.2, 0.25) is 0 Å². The number of pyridine rings is 1. The zero-order chi connectivity index (χ0) is 14.7. The highest BCUT2D eigenvalue weighted by atomic mass is 16.1. The van der Waals surface area contributed by atoms with Crippen LogP contribution in [0.25, 0.3) is 11.1 Å². The molecule has 3 heteroatoms. The van der Waals surface area contributed by atoms with Gasteiger partial charge in [-0.1, -0.05) is 31.2 Å². The number of aryl methyl sites for hydroxylation is 1. The number of carbonyl (C=O) groups excluding carboxylic acids is 2. The summed E-state index contributed by atoms with van der Waals surface area (Å²) < 4.78 is 0. The minimum atomic E-state index is -0.191. The quantitative estimate of drug-likeness (QED) is 0.793. The van der Waals surface area contributed by atoms with Crippen LogP contribution < -0.4 is 0 Å². The number of ketones is 2. The smallest absolute Gasteiger partial charge is 0.178 e. The highest BCUT2D eigenvalue weighted by molar-refractivity contribution is 6.06. The normalized spacial score (nSPS) is 10.3. The van der Waals surface area contributed by atoms with Crippen molar-refractivity contribution in [3.05, 3.63) is 53.3 Å². The molecule has 0 fully saturated rings. The van der Waals surface area contributed by atoms with Gasteiger partial charge in [0.25, 0.3) is 0 Å². The lowest BCUT2D eigenvalue weighted by Gasteiger charge is -2.08. The summed E-state index contributed by atoms with van der Waals surface area (Å²) in [5, 5.41) is 0. The first-order chi connectivity index (χ1) is 9.52. The molecule has 0 aliphatic heterocycles. The molecule has 0 N–H and O–H groups in total. The number of carbonyl (C=O) groups is 2. The van der Waals surface area contributed by atoms with E-state index in [9.17, 15) is 9.59 Å². The number of rotatable bonds is 4. The molecule has 1 heterocycles.